The van der Waals surface area contributed by atoms with Gasteiger partial charge in [-0.05, 0) is 42.8 Å². The molecule has 0 atom stereocenters. The highest BCUT2D eigenvalue weighted by atomic mass is 35.5. The summed E-state index contributed by atoms with van der Waals surface area (Å²) in [5.41, 5.74) is 4.19. The summed E-state index contributed by atoms with van der Waals surface area (Å²) in [6.45, 7) is 4.88. The zero-order valence-electron chi connectivity index (χ0n) is 13.7. The Bertz CT molecular complexity index is 819. The molecule has 126 valence electrons. The molecular formula is C19H20Cl2N2O. The normalized spacial score (nSPS) is 10.3. The van der Waals surface area contributed by atoms with Gasteiger partial charge in [0.15, 0.2) is 5.69 Å². The molecule has 2 N–H and O–H groups in total. The average molecular weight is 363 g/mol. The van der Waals surface area contributed by atoms with Crippen molar-refractivity contribution in [3.05, 3.63) is 59.2 Å². The van der Waals surface area contributed by atoms with Crippen molar-refractivity contribution in [1.29, 1.82) is 0 Å². The van der Waals surface area contributed by atoms with E-state index < -0.39 is 0 Å². The quantitative estimate of drug-likeness (QED) is 0.754. The number of ether oxygens (including phenoxy) is 1. The molecule has 0 spiro atoms. The van der Waals surface area contributed by atoms with Gasteiger partial charge in [0.2, 0.25) is 5.52 Å². The van der Waals surface area contributed by atoms with E-state index in [0.717, 1.165) is 51.8 Å². The molecule has 1 aromatic heterocycles. The average Bonchev–Trinajstić information content (AvgIpc) is 2.55. The molecule has 0 amide bonds. The number of hydrogen-bond acceptors (Lipinski definition) is 2. The molecule has 0 aliphatic rings. The molecule has 0 unspecified atom stereocenters. The van der Waals surface area contributed by atoms with Crippen molar-refractivity contribution in [2.24, 2.45) is 0 Å². The topological polar surface area (TPSA) is 35.4 Å². The van der Waals surface area contributed by atoms with Crippen LogP contribution in [-0.4, -0.2) is 6.61 Å². The maximum atomic E-state index is 6.14. The van der Waals surface area contributed by atoms with E-state index in [1.54, 1.807) is 0 Å². The van der Waals surface area contributed by atoms with Crippen molar-refractivity contribution in [2.75, 3.05) is 11.9 Å². The van der Waals surface area contributed by atoms with Gasteiger partial charge in [-0.2, -0.15) is 0 Å². The summed E-state index contributed by atoms with van der Waals surface area (Å²) in [5, 5.41) is 5.25. The number of nitrogens with one attached hydrogen (secondary N) is 2. The predicted molar refractivity (Wildman–Crippen MR) is 95.8 cm³/mol. The molecule has 0 aliphatic heterocycles. The lowest BCUT2D eigenvalue weighted by atomic mass is 10.1. The molecule has 0 saturated heterocycles. The molecule has 0 aliphatic carbocycles. The van der Waals surface area contributed by atoms with Crippen LogP contribution in [0.5, 0.6) is 5.75 Å². The van der Waals surface area contributed by atoms with Gasteiger partial charge in [0, 0.05) is 29.8 Å². The maximum Gasteiger partial charge on any atom is 0.213 e. The third kappa shape index (κ3) is 4.31. The third-order valence-electron chi connectivity index (χ3n) is 3.57. The number of pyridine rings is 1. The Morgan fingerprint density at radius 3 is 2.54 bits per heavy atom. The number of rotatable bonds is 5. The zero-order chi connectivity index (χ0) is 16.2. The lowest BCUT2D eigenvalue weighted by molar-refractivity contribution is -0.354. The number of H-pyrrole nitrogens is 1. The zero-order valence-corrected chi connectivity index (χ0v) is 15.2. The van der Waals surface area contributed by atoms with Gasteiger partial charge >= 0.3 is 0 Å². The molecule has 0 fully saturated rings. The molecule has 0 bridgehead atoms. The van der Waals surface area contributed by atoms with Crippen LogP contribution in [0.25, 0.3) is 10.9 Å². The number of halogens is 2. The van der Waals surface area contributed by atoms with Crippen LogP contribution in [0.1, 0.15) is 19.0 Å². The smallest absolute Gasteiger partial charge is 0.213 e. The van der Waals surface area contributed by atoms with Gasteiger partial charge in [-0.3, -0.25) is 0 Å². The molecule has 1 heterocycles. The van der Waals surface area contributed by atoms with E-state index in [9.17, 15) is 0 Å². The molecule has 2 aromatic carbocycles. The van der Waals surface area contributed by atoms with E-state index >= 15 is 0 Å². The number of fused-ring (bicyclic) bond motifs is 1. The Morgan fingerprint density at radius 2 is 1.83 bits per heavy atom. The van der Waals surface area contributed by atoms with Crippen LogP contribution in [-0.2, 0) is 0 Å². The van der Waals surface area contributed by atoms with Crippen molar-refractivity contribution in [3.63, 3.8) is 0 Å². The summed E-state index contributed by atoms with van der Waals surface area (Å²) in [7, 11) is 0. The summed E-state index contributed by atoms with van der Waals surface area (Å²) in [5.74, 6) is 0.892. The summed E-state index contributed by atoms with van der Waals surface area (Å²) in [6, 6.07) is 15.9. The van der Waals surface area contributed by atoms with E-state index in [0.29, 0.717) is 0 Å². The molecule has 0 radical (unpaired) electrons. The van der Waals surface area contributed by atoms with Crippen LogP contribution < -0.4 is 27.4 Å². The summed E-state index contributed by atoms with van der Waals surface area (Å²) < 4.78 is 5.62. The van der Waals surface area contributed by atoms with Crippen LogP contribution in [0.2, 0.25) is 5.02 Å². The second-order valence-electron chi connectivity index (χ2n) is 5.55. The van der Waals surface area contributed by atoms with Gasteiger partial charge in [0.05, 0.1) is 17.7 Å². The molecule has 5 heteroatoms. The van der Waals surface area contributed by atoms with Crippen LogP contribution in [0.15, 0.2) is 48.5 Å². The fourth-order valence-electron chi connectivity index (χ4n) is 2.50. The molecule has 24 heavy (non-hydrogen) atoms. The standard InChI is InChI=1S/C19H19ClN2O.ClH/c1-3-10-23-16-7-5-15(6-8-16)22-19-11-13(2)21-18-9-4-14(20)12-17(18)19;/h4-9,11-12H,3,10H2,1-2H3,(H,21,22);1H. The Kier molecular flexibility index (Phi) is 6.29. The van der Waals surface area contributed by atoms with E-state index in [-0.39, 0.29) is 12.4 Å². The minimum Gasteiger partial charge on any atom is -1.00 e. The van der Waals surface area contributed by atoms with E-state index in [2.05, 4.69) is 23.3 Å². The number of hydrogen-bond donors (Lipinski definition) is 1. The summed E-state index contributed by atoms with van der Waals surface area (Å²) >= 11 is 6.14. The molecule has 0 saturated carbocycles. The van der Waals surface area contributed by atoms with Gasteiger partial charge < -0.3 is 22.5 Å². The number of anilines is 2. The highest BCUT2D eigenvalue weighted by Crippen LogP contribution is 2.28. The number of aryl methyl sites for hydroxylation is 1. The molecule has 3 rings (SSSR count). The van der Waals surface area contributed by atoms with Gasteiger partial charge in [0.25, 0.3) is 0 Å². The van der Waals surface area contributed by atoms with E-state index in [1.807, 2.05) is 49.4 Å². The Balaban J connectivity index is 0.00000208. The fraction of sp³-hybridized carbons (Fsp3) is 0.211. The minimum absolute atomic E-state index is 0. The second-order valence-corrected chi connectivity index (χ2v) is 5.99. The van der Waals surface area contributed by atoms with Crippen LogP contribution in [0, 0.1) is 6.92 Å². The molecular weight excluding hydrogens is 343 g/mol. The van der Waals surface area contributed by atoms with Crippen LogP contribution in [0.3, 0.4) is 0 Å². The number of aromatic amines is 1. The Morgan fingerprint density at radius 1 is 1.08 bits per heavy atom. The number of benzene rings is 2. The third-order valence-corrected chi connectivity index (χ3v) is 3.81. The van der Waals surface area contributed by atoms with Gasteiger partial charge in [-0.15, -0.1) is 0 Å². The van der Waals surface area contributed by atoms with Gasteiger partial charge in [-0.1, -0.05) is 18.5 Å². The van der Waals surface area contributed by atoms with Crippen molar-refractivity contribution < 1.29 is 22.1 Å². The highest BCUT2D eigenvalue weighted by molar-refractivity contribution is 6.31. The lowest BCUT2D eigenvalue weighted by Crippen LogP contribution is -3.00. The SMILES string of the molecule is CCCOc1ccc(Nc2cc(C)[nH+]c3ccc(Cl)cc23)cc1.[Cl-]. The van der Waals surface area contributed by atoms with Crippen molar-refractivity contribution >= 4 is 33.9 Å². The Labute approximate surface area is 153 Å². The second kappa shape index (κ2) is 8.22. The maximum absolute atomic E-state index is 6.14. The fourth-order valence-corrected chi connectivity index (χ4v) is 2.68. The number of aromatic nitrogens is 1. The van der Waals surface area contributed by atoms with Crippen molar-refractivity contribution in [3.8, 4) is 5.75 Å². The highest BCUT2D eigenvalue weighted by Gasteiger charge is 2.10. The van der Waals surface area contributed by atoms with E-state index in [1.165, 1.54) is 0 Å². The summed E-state index contributed by atoms with van der Waals surface area (Å²) in [6.07, 6.45) is 1.01. The Hall–Kier alpha value is -1.97. The van der Waals surface area contributed by atoms with Gasteiger partial charge in [-0.25, -0.2) is 4.98 Å². The lowest BCUT2D eigenvalue weighted by Gasteiger charge is -2.10. The molecule has 3 aromatic rings. The van der Waals surface area contributed by atoms with Crippen molar-refractivity contribution in [2.45, 2.75) is 20.3 Å². The monoisotopic (exact) mass is 362 g/mol. The first-order chi connectivity index (χ1) is 11.2. The van der Waals surface area contributed by atoms with E-state index in [4.69, 9.17) is 16.3 Å². The first-order valence-electron chi connectivity index (χ1n) is 7.78. The van der Waals surface area contributed by atoms with Crippen molar-refractivity contribution in [1.82, 2.24) is 0 Å². The molecule has 3 nitrogen and oxygen atoms in total. The first-order valence-corrected chi connectivity index (χ1v) is 8.15. The van der Waals surface area contributed by atoms with Crippen LogP contribution in [0.4, 0.5) is 11.4 Å². The summed E-state index contributed by atoms with van der Waals surface area (Å²) in [4.78, 5) is 3.36. The van der Waals surface area contributed by atoms with Crippen LogP contribution >= 0.6 is 11.6 Å². The first kappa shape index (κ1) is 18.4. The predicted octanol–water partition coefficient (Wildman–Crippen LogP) is 2.15. The van der Waals surface area contributed by atoms with Gasteiger partial charge in [0.1, 0.15) is 5.75 Å². The minimum atomic E-state index is 0. The largest absolute Gasteiger partial charge is 1.00 e.